The molecule has 0 aromatic heterocycles. The van der Waals surface area contributed by atoms with Gasteiger partial charge in [-0.1, -0.05) is 0 Å². The van der Waals surface area contributed by atoms with Gasteiger partial charge in [0, 0.05) is 13.1 Å². The number of benzene rings is 1. The first-order chi connectivity index (χ1) is 11.1. The van der Waals surface area contributed by atoms with E-state index in [1.807, 2.05) is 4.90 Å². The van der Waals surface area contributed by atoms with E-state index in [1.165, 1.54) is 11.5 Å². The van der Waals surface area contributed by atoms with Crippen LogP contribution in [0.4, 0.5) is 20.6 Å². The SMILES string of the molecule is O=C(NO)[C@H]1CN(c2ccc(N3CCOCC3)c(F)c2)C(=O)O1. The number of hydrogen-bond acceptors (Lipinski definition) is 6. The van der Waals surface area contributed by atoms with Gasteiger partial charge in [0.05, 0.1) is 31.1 Å². The smallest absolute Gasteiger partial charge is 0.415 e. The molecule has 0 bridgehead atoms. The van der Waals surface area contributed by atoms with E-state index in [4.69, 9.17) is 14.7 Å². The maximum absolute atomic E-state index is 14.4. The van der Waals surface area contributed by atoms with Crippen molar-refractivity contribution >= 4 is 23.4 Å². The fourth-order valence-electron chi connectivity index (χ4n) is 2.61. The summed E-state index contributed by atoms with van der Waals surface area (Å²) in [6.45, 7) is 2.18. The summed E-state index contributed by atoms with van der Waals surface area (Å²) in [7, 11) is 0. The molecule has 2 amide bonds. The van der Waals surface area contributed by atoms with Gasteiger partial charge < -0.3 is 14.4 Å². The van der Waals surface area contributed by atoms with Crippen LogP contribution in [0.15, 0.2) is 18.2 Å². The molecular weight excluding hydrogens is 309 g/mol. The lowest BCUT2D eigenvalue weighted by molar-refractivity contribution is -0.136. The Morgan fingerprint density at radius 1 is 1.35 bits per heavy atom. The number of rotatable bonds is 3. The lowest BCUT2D eigenvalue weighted by Gasteiger charge is -2.29. The van der Waals surface area contributed by atoms with Crippen molar-refractivity contribution < 1.29 is 28.7 Å². The standard InChI is InChI=1S/C14H16FN3O5/c15-10-7-9(1-2-11(10)17-3-5-22-6-4-17)18-8-12(13(19)16-21)23-14(18)20/h1-2,7,12,21H,3-6,8H2,(H,16,19)/t12-/m1/s1. The highest BCUT2D eigenvalue weighted by Gasteiger charge is 2.37. The number of anilines is 2. The molecule has 1 aromatic rings. The fraction of sp³-hybridized carbons (Fsp3) is 0.429. The second kappa shape index (κ2) is 6.39. The van der Waals surface area contributed by atoms with Gasteiger partial charge in [-0.05, 0) is 18.2 Å². The van der Waals surface area contributed by atoms with E-state index in [0.717, 1.165) is 4.90 Å². The topological polar surface area (TPSA) is 91.3 Å². The Balaban J connectivity index is 1.77. The number of carbonyl (C=O) groups excluding carboxylic acids is 2. The summed E-state index contributed by atoms with van der Waals surface area (Å²) in [6.07, 6.45) is -1.90. The second-order valence-corrected chi connectivity index (χ2v) is 5.19. The number of cyclic esters (lactones) is 1. The molecule has 2 N–H and O–H groups in total. The minimum Gasteiger partial charge on any atom is -0.434 e. The fourth-order valence-corrected chi connectivity index (χ4v) is 2.61. The minimum absolute atomic E-state index is 0.0957. The van der Waals surface area contributed by atoms with Crippen LogP contribution in [0.1, 0.15) is 0 Å². The van der Waals surface area contributed by atoms with Gasteiger partial charge in [0.2, 0.25) is 6.10 Å². The van der Waals surface area contributed by atoms with Crippen LogP contribution in [-0.2, 0) is 14.3 Å². The predicted octanol–water partition coefficient (Wildman–Crippen LogP) is 0.493. The minimum atomic E-state index is -1.13. The summed E-state index contributed by atoms with van der Waals surface area (Å²) in [4.78, 5) is 26.1. The number of morpholine rings is 1. The van der Waals surface area contributed by atoms with E-state index in [-0.39, 0.29) is 12.2 Å². The van der Waals surface area contributed by atoms with Crippen LogP contribution >= 0.6 is 0 Å². The summed E-state index contributed by atoms with van der Waals surface area (Å²) < 4.78 is 24.4. The van der Waals surface area contributed by atoms with Crippen molar-refractivity contribution in [2.45, 2.75) is 6.10 Å². The van der Waals surface area contributed by atoms with Gasteiger partial charge in [0.25, 0.3) is 5.91 Å². The zero-order chi connectivity index (χ0) is 16.4. The van der Waals surface area contributed by atoms with Crippen molar-refractivity contribution in [1.29, 1.82) is 0 Å². The molecular formula is C14H16FN3O5. The lowest BCUT2D eigenvalue weighted by atomic mass is 10.2. The van der Waals surface area contributed by atoms with Gasteiger partial charge in [-0.3, -0.25) is 14.9 Å². The van der Waals surface area contributed by atoms with Crippen molar-refractivity contribution in [2.24, 2.45) is 0 Å². The second-order valence-electron chi connectivity index (χ2n) is 5.19. The van der Waals surface area contributed by atoms with E-state index in [1.54, 1.807) is 12.1 Å². The van der Waals surface area contributed by atoms with Gasteiger partial charge in [0.15, 0.2) is 0 Å². The molecule has 0 spiro atoms. The van der Waals surface area contributed by atoms with Gasteiger partial charge >= 0.3 is 6.09 Å². The molecule has 3 rings (SSSR count). The molecule has 2 aliphatic heterocycles. The van der Waals surface area contributed by atoms with Crippen LogP contribution < -0.4 is 15.3 Å². The number of hydrogen-bond donors (Lipinski definition) is 2. The molecule has 2 heterocycles. The largest absolute Gasteiger partial charge is 0.434 e. The quantitative estimate of drug-likeness (QED) is 0.621. The molecule has 1 aromatic carbocycles. The number of halogens is 1. The van der Waals surface area contributed by atoms with Crippen LogP contribution in [-0.4, -0.2) is 56.2 Å². The Kier molecular flexibility index (Phi) is 4.30. The zero-order valence-electron chi connectivity index (χ0n) is 12.2. The number of hydroxylamine groups is 1. The Hall–Kier alpha value is -2.39. The highest BCUT2D eigenvalue weighted by Crippen LogP contribution is 2.28. The first-order valence-electron chi connectivity index (χ1n) is 7.14. The van der Waals surface area contributed by atoms with Crippen LogP contribution in [0.2, 0.25) is 0 Å². The van der Waals surface area contributed by atoms with Crippen LogP contribution in [0.5, 0.6) is 0 Å². The third kappa shape index (κ3) is 3.06. The number of carbonyl (C=O) groups is 2. The average molecular weight is 325 g/mol. The molecule has 0 aliphatic carbocycles. The van der Waals surface area contributed by atoms with E-state index in [9.17, 15) is 14.0 Å². The molecule has 8 nitrogen and oxygen atoms in total. The molecule has 2 fully saturated rings. The lowest BCUT2D eigenvalue weighted by Crippen LogP contribution is -2.37. The highest BCUT2D eigenvalue weighted by molar-refractivity contribution is 5.95. The van der Waals surface area contributed by atoms with Gasteiger partial charge in [-0.25, -0.2) is 14.7 Å². The number of ether oxygens (including phenoxy) is 2. The summed E-state index contributed by atoms with van der Waals surface area (Å²) in [5, 5.41) is 8.58. The maximum atomic E-state index is 14.4. The average Bonchev–Trinajstić information content (AvgIpc) is 2.96. The van der Waals surface area contributed by atoms with E-state index >= 15 is 0 Å². The summed E-state index contributed by atoms with van der Waals surface area (Å²) >= 11 is 0. The Morgan fingerprint density at radius 2 is 2.09 bits per heavy atom. The van der Waals surface area contributed by atoms with E-state index in [2.05, 4.69) is 0 Å². The van der Waals surface area contributed by atoms with E-state index < -0.39 is 23.9 Å². The molecule has 2 aliphatic rings. The summed E-state index contributed by atoms with van der Waals surface area (Å²) in [5.74, 6) is -1.29. The van der Waals surface area contributed by atoms with Crippen molar-refractivity contribution in [3.8, 4) is 0 Å². The summed E-state index contributed by atoms with van der Waals surface area (Å²) in [5.41, 5.74) is 2.16. The zero-order valence-corrected chi connectivity index (χ0v) is 12.2. The monoisotopic (exact) mass is 325 g/mol. The molecule has 0 radical (unpaired) electrons. The highest BCUT2D eigenvalue weighted by atomic mass is 19.1. The van der Waals surface area contributed by atoms with Crippen molar-refractivity contribution in [3.05, 3.63) is 24.0 Å². The predicted molar refractivity (Wildman–Crippen MR) is 77.0 cm³/mol. The van der Waals surface area contributed by atoms with Crippen molar-refractivity contribution in [3.63, 3.8) is 0 Å². The van der Waals surface area contributed by atoms with Crippen LogP contribution in [0.25, 0.3) is 0 Å². The molecule has 23 heavy (non-hydrogen) atoms. The van der Waals surface area contributed by atoms with Gasteiger partial charge in [-0.2, -0.15) is 0 Å². The first kappa shape index (κ1) is 15.5. The maximum Gasteiger partial charge on any atom is 0.415 e. The normalized spacial score (nSPS) is 21.3. The summed E-state index contributed by atoms with van der Waals surface area (Å²) in [6, 6.07) is 4.41. The van der Waals surface area contributed by atoms with Gasteiger partial charge in [-0.15, -0.1) is 0 Å². The Labute approximate surface area is 131 Å². The molecule has 9 heteroatoms. The van der Waals surface area contributed by atoms with Crippen LogP contribution in [0, 0.1) is 5.82 Å². The molecule has 1 atom stereocenters. The molecule has 0 saturated carbocycles. The van der Waals surface area contributed by atoms with E-state index in [0.29, 0.717) is 32.0 Å². The number of nitrogens with one attached hydrogen (secondary N) is 1. The van der Waals surface area contributed by atoms with Crippen molar-refractivity contribution in [2.75, 3.05) is 42.6 Å². The third-order valence-electron chi connectivity index (χ3n) is 3.81. The molecule has 124 valence electrons. The number of nitrogens with zero attached hydrogens (tertiary/aromatic N) is 2. The number of amides is 2. The van der Waals surface area contributed by atoms with Crippen LogP contribution in [0.3, 0.4) is 0 Å². The molecule has 2 saturated heterocycles. The first-order valence-corrected chi connectivity index (χ1v) is 7.14. The Morgan fingerprint density at radius 3 is 2.74 bits per heavy atom. The molecule has 0 unspecified atom stereocenters. The van der Waals surface area contributed by atoms with Gasteiger partial charge in [0.1, 0.15) is 5.82 Å². The Bertz CT molecular complexity index is 620. The van der Waals surface area contributed by atoms with Crippen molar-refractivity contribution in [1.82, 2.24) is 5.48 Å². The third-order valence-corrected chi connectivity index (χ3v) is 3.81.